The Labute approximate surface area is 98.6 Å². The van der Waals surface area contributed by atoms with E-state index >= 15 is 0 Å². The van der Waals surface area contributed by atoms with Crippen LogP contribution in [-0.2, 0) is 6.18 Å². The summed E-state index contributed by atoms with van der Waals surface area (Å²) in [6.45, 7) is 2.11. The summed E-state index contributed by atoms with van der Waals surface area (Å²) >= 11 is 0. The third-order valence-electron chi connectivity index (χ3n) is 2.70. The summed E-state index contributed by atoms with van der Waals surface area (Å²) in [4.78, 5) is 0. The Morgan fingerprint density at radius 1 is 1.35 bits per heavy atom. The van der Waals surface area contributed by atoms with E-state index in [0.717, 1.165) is 6.07 Å². The molecule has 0 aliphatic heterocycles. The summed E-state index contributed by atoms with van der Waals surface area (Å²) in [6.07, 6.45) is -3.85. The van der Waals surface area contributed by atoms with Crippen molar-refractivity contribution in [3.05, 3.63) is 29.3 Å². The van der Waals surface area contributed by atoms with Crippen LogP contribution in [0.15, 0.2) is 18.2 Å². The van der Waals surface area contributed by atoms with Crippen LogP contribution in [0.2, 0.25) is 0 Å². The predicted octanol–water partition coefficient (Wildman–Crippen LogP) is 3.17. The number of benzene rings is 1. The molecule has 1 aromatic carbocycles. The monoisotopic (exact) mass is 247 g/mol. The van der Waals surface area contributed by atoms with Gasteiger partial charge in [-0.25, -0.2) is 0 Å². The number of alkyl halides is 3. The average molecular weight is 247 g/mol. The first-order valence-electron chi connectivity index (χ1n) is 5.35. The minimum absolute atomic E-state index is 0.209. The highest BCUT2D eigenvalue weighted by Gasteiger charge is 2.34. The van der Waals surface area contributed by atoms with E-state index in [1.807, 2.05) is 0 Å². The highest BCUT2D eigenvalue weighted by Crippen LogP contribution is 2.38. The van der Waals surface area contributed by atoms with Crippen LogP contribution in [0.25, 0.3) is 0 Å². The highest BCUT2D eigenvalue weighted by molar-refractivity contribution is 5.39. The lowest BCUT2D eigenvalue weighted by atomic mass is 9.92. The van der Waals surface area contributed by atoms with Gasteiger partial charge < -0.3 is 10.5 Å². The van der Waals surface area contributed by atoms with E-state index in [1.165, 1.54) is 19.2 Å². The van der Waals surface area contributed by atoms with Gasteiger partial charge in [-0.3, -0.25) is 0 Å². The van der Waals surface area contributed by atoms with E-state index in [9.17, 15) is 13.2 Å². The second kappa shape index (κ2) is 5.40. The molecule has 0 spiro atoms. The number of hydrogen-bond acceptors (Lipinski definition) is 2. The largest absolute Gasteiger partial charge is 0.497 e. The molecule has 0 aromatic heterocycles. The van der Waals surface area contributed by atoms with Gasteiger partial charge in [-0.1, -0.05) is 13.0 Å². The van der Waals surface area contributed by atoms with Crippen LogP contribution in [0.3, 0.4) is 0 Å². The summed E-state index contributed by atoms with van der Waals surface area (Å²) < 4.78 is 43.5. The number of hydrogen-bond donors (Lipinski definition) is 1. The van der Waals surface area contributed by atoms with Gasteiger partial charge in [0.15, 0.2) is 0 Å². The van der Waals surface area contributed by atoms with Crippen molar-refractivity contribution in [2.75, 3.05) is 13.7 Å². The Kier molecular flexibility index (Phi) is 4.40. The van der Waals surface area contributed by atoms with Crippen molar-refractivity contribution in [2.45, 2.75) is 25.4 Å². The lowest BCUT2D eigenvalue weighted by Gasteiger charge is -2.18. The Balaban J connectivity index is 3.20. The van der Waals surface area contributed by atoms with E-state index < -0.39 is 11.7 Å². The summed E-state index contributed by atoms with van der Waals surface area (Å²) in [5.74, 6) is -0.0106. The first-order chi connectivity index (χ1) is 7.90. The maximum Gasteiger partial charge on any atom is 0.416 e. The first-order valence-corrected chi connectivity index (χ1v) is 5.35. The topological polar surface area (TPSA) is 35.2 Å². The molecule has 0 bridgehead atoms. The summed E-state index contributed by atoms with van der Waals surface area (Å²) in [6, 6.07) is 4.03. The second-order valence-electron chi connectivity index (χ2n) is 3.93. The molecule has 96 valence electrons. The lowest BCUT2D eigenvalue weighted by Crippen LogP contribution is -2.13. The molecule has 0 heterocycles. The quantitative estimate of drug-likeness (QED) is 0.887. The zero-order valence-electron chi connectivity index (χ0n) is 9.84. The van der Waals surface area contributed by atoms with Crippen LogP contribution in [0.1, 0.15) is 30.4 Å². The van der Waals surface area contributed by atoms with Crippen molar-refractivity contribution in [1.82, 2.24) is 0 Å². The van der Waals surface area contributed by atoms with Crippen LogP contribution in [0, 0.1) is 0 Å². The SMILES string of the molecule is COc1ccc(C(C)CCN)c(C(F)(F)F)c1. The van der Waals surface area contributed by atoms with Crippen LogP contribution in [0.4, 0.5) is 13.2 Å². The predicted molar refractivity (Wildman–Crippen MR) is 60.1 cm³/mol. The third kappa shape index (κ3) is 3.36. The van der Waals surface area contributed by atoms with E-state index in [1.54, 1.807) is 6.92 Å². The van der Waals surface area contributed by atoms with Gasteiger partial charge in [-0.05, 0) is 36.6 Å². The number of nitrogens with two attached hydrogens (primary N) is 1. The number of methoxy groups -OCH3 is 1. The molecule has 0 aliphatic rings. The maximum absolute atomic E-state index is 12.9. The molecular weight excluding hydrogens is 231 g/mol. The summed E-state index contributed by atoms with van der Waals surface area (Å²) in [5, 5.41) is 0. The molecule has 0 amide bonds. The van der Waals surface area contributed by atoms with E-state index in [-0.39, 0.29) is 17.2 Å². The summed E-state index contributed by atoms with van der Waals surface area (Å²) in [7, 11) is 1.35. The highest BCUT2D eigenvalue weighted by atomic mass is 19.4. The first kappa shape index (κ1) is 13.8. The van der Waals surface area contributed by atoms with Gasteiger partial charge in [0.2, 0.25) is 0 Å². The van der Waals surface area contributed by atoms with Gasteiger partial charge in [-0.2, -0.15) is 13.2 Å². The molecule has 0 saturated carbocycles. The van der Waals surface area contributed by atoms with Crippen molar-refractivity contribution in [3.63, 3.8) is 0 Å². The minimum atomic E-state index is -4.37. The van der Waals surface area contributed by atoms with Gasteiger partial charge in [0.05, 0.1) is 12.7 Å². The molecule has 5 heteroatoms. The van der Waals surface area contributed by atoms with Crippen molar-refractivity contribution in [1.29, 1.82) is 0 Å². The van der Waals surface area contributed by atoms with Crippen molar-refractivity contribution < 1.29 is 17.9 Å². The van der Waals surface area contributed by atoms with Crippen molar-refractivity contribution >= 4 is 0 Å². The lowest BCUT2D eigenvalue weighted by molar-refractivity contribution is -0.138. The molecule has 1 atom stereocenters. The molecule has 1 rings (SSSR count). The molecule has 1 unspecified atom stereocenters. The molecular formula is C12H16F3NO. The van der Waals surface area contributed by atoms with Gasteiger partial charge in [0, 0.05) is 0 Å². The smallest absolute Gasteiger partial charge is 0.416 e. The average Bonchev–Trinajstić information content (AvgIpc) is 2.27. The van der Waals surface area contributed by atoms with E-state index in [2.05, 4.69) is 0 Å². The van der Waals surface area contributed by atoms with Crippen LogP contribution < -0.4 is 10.5 Å². The Bertz CT molecular complexity index is 377. The molecule has 0 aliphatic carbocycles. The number of halogens is 3. The molecule has 17 heavy (non-hydrogen) atoms. The van der Waals surface area contributed by atoms with Gasteiger partial charge >= 0.3 is 6.18 Å². The number of rotatable bonds is 4. The fraction of sp³-hybridized carbons (Fsp3) is 0.500. The Hall–Kier alpha value is -1.23. The zero-order chi connectivity index (χ0) is 13.1. The minimum Gasteiger partial charge on any atom is -0.497 e. The van der Waals surface area contributed by atoms with E-state index in [4.69, 9.17) is 10.5 Å². The standard InChI is InChI=1S/C12H16F3NO/c1-8(5-6-16)10-4-3-9(17-2)7-11(10)12(13,14)15/h3-4,7-8H,5-6,16H2,1-2H3. The fourth-order valence-corrected chi connectivity index (χ4v) is 1.74. The van der Waals surface area contributed by atoms with Crippen LogP contribution in [-0.4, -0.2) is 13.7 Å². The van der Waals surface area contributed by atoms with Crippen LogP contribution >= 0.6 is 0 Å². The number of ether oxygens (including phenoxy) is 1. The molecule has 2 nitrogen and oxygen atoms in total. The molecule has 0 radical (unpaired) electrons. The van der Waals surface area contributed by atoms with Crippen molar-refractivity contribution in [3.8, 4) is 5.75 Å². The molecule has 0 fully saturated rings. The van der Waals surface area contributed by atoms with Gasteiger partial charge in [-0.15, -0.1) is 0 Å². The van der Waals surface area contributed by atoms with E-state index in [0.29, 0.717) is 13.0 Å². The zero-order valence-corrected chi connectivity index (χ0v) is 9.84. The molecule has 2 N–H and O–H groups in total. The fourth-order valence-electron chi connectivity index (χ4n) is 1.74. The molecule has 0 saturated heterocycles. The third-order valence-corrected chi connectivity index (χ3v) is 2.70. The van der Waals surface area contributed by atoms with Crippen LogP contribution in [0.5, 0.6) is 5.75 Å². The second-order valence-corrected chi connectivity index (χ2v) is 3.93. The maximum atomic E-state index is 12.9. The summed E-state index contributed by atoms with van der Waals surface area (Å²) in [5.41, 5.74) is 5.00. The van der Waals surface area contributed by atoms with Gasteiger partial charge in [0.1, 0.15) is 5.75 Å². The normalized spacial score (nSPS) is 13.5. The Morgan fingerprint density at radius 2 is 2.00 bits per heavy atom. The van der Waals surface area contributed by atoms with Crippen molar-refractivity contribution in [2.24, 2.45) is 5.73 Å². The molecule has 1 aromatic rings. The van der Waals surface area contributed by atoms with Gasteiger partial charge in [0.25, 0.3) is 0 Å². The Morgan fingerprint density at radius 3 is 2.47 bits per heavy atom.